The Kier molecular flexibility index (Phi) is 3.14. The first-order valence-corrected chi connectivity index (χ1v) is 6.92. The Morgan fingerprint density at radius 1 is 1.05 bits per heavy atom. The van der Waals surface area contributed by atoms with Crippen molar-refractivity contribution in [2.45, 2.75) is 19.2 Å². The molecule has 0 saturated carbocycles. The molecule has 0 radical (unpaired) electrons. The number of imidazole rings is 1. The van der Waals surface area contributed by atoms with Gasteiger partial charge in [-0.15, -0.1) is 11.6 Å². The van der Waals surface area contributed by atoms with Gasteiger partial charge in [0.05, 0.1) is 16.4 Å². The van der Waals surface area contributed by atoms with Crippen LogP contribution in [0.5, 0.6) is 0 Å². The molecule has 1 atom stereocenters. The molecule has 0 saturated heterocycles. The summed E-state index contributed by atoms with van der Waals surface area (Å²) in [6.45, 7) is 4.16. The number of alkyl halides is 1. The Hall–Kier alpha value is -2.00. The summed E-state index contributed by atoms with van der Waals surface area (Å²) in [6, 6.07) is 11.9. The van der Waals surface area contributed by atoms with Crippen LogP contribution in [0.2, 0.25) is 0 Å². The van der Waals surface area contributed by atoms with Gasteiger partial charge in [-0.1, -0.05) is 24.3 Å². The van der Waals surface area contributed by atoms with Crippen LogP contribution in [0.4, 0.5) is 0 Å². The third kappa shape index (κ3) is 2.14. The zero-order valence-electron chi connectivity index (χ0n) is 11.3. The van der Waals surface area contributed by atoms with Gasteiger partial charge in [-0.2, -0.15) is 0 Å². The molecular weight excluding hydrogens is 272 g/mol. The van der Waals surface area contributed by atoms with Crippen molar-refractivity contribution in [3.63, 3.8) is 0 Å². The maximum atomic E-state index is 11.3. The Morgan fingerprint density at radius 2 is 1.80 bits per heavy atom. The minimum absolute atomic E-state index is 0.199. The Balaban J connectivity index is 2.09. The SMILES string of the molecule is Cc1cccc(C(Cl)c2ccc3[nH]c(=O)[nH]c3c2)c1C. The summed E-state index contributed by atoms with van der Waals surface area (Å²) in [4.78, 5) is 16.8. The third-order valence-electron chi connectivity index (χ3n) is 3.75. The molecule has 1 aromatic heterocycles. The van der Waals surface area contributed by atoms with Crippen molar-refractivity contribution in [3.8, 4) is 0 Å². The van der Waals surface area contributed by atoms with E-state index in [-0.39, 0.29) is 11.1 Å². The second-order valence-corrected chi connectivity index (χ2v) is 5.47. The third-order valence-corrected chi connectivity index (χ3v) is 4.24. The molecule has 3 aromatic rings. The van der Waals surface area contributed by atoms with Gasteiger partial charge in [0.25, 0.3) is 0 Å². The van der Waals surface area contributed by atoms with Crippen LogP contribution in [0, 0.1) is 13.8 Å². The summed E-state index contributed by atoms with van der Waals surface area (Å²) in [6.07, 6.45) is 0. The highest BCUT2D eigenvalue weighted by Gasteiger charge is 2.14. The number of aromatic nitrogens is 2. The smallest absolute Gasteiger partial charge is 0.306 e. The zero-order chi connectivity index (χ0) is 14.3. The monoisotopic (exact) mass is 286 g/mol. The van der Waals surface area contributed by atoms with Gasteiger partial charge in [-0.25, -0.2) is 4.79 Å². The van der Waals surface area contributed by atoms with Crippen LogP contribution in [-0.4, -0.2) is 9.97 Å². The molecule has 1 unspecified atom stereocenters. The van der Waals surface area contributed by atoms with E-state index in [4.69, 9.17) is 11.6 Å². The van der Waals surface area contributed by atoms with Crippen molar-refractivity contribution in [2.24, 2.45) is 0 Å². The Morgan fingerprint density at radius 3 is 2.60 bits per heavy atom. The second kappa shape index (κ2) is 4.84. The number of halogens is 1. The summed E-state index contributed by atoms with van der Waals surface area (Å²) in [5, 5.41) is -0.224. The number of hydrogen-bond acceptors (Lipinski definition) is 1. The van der Waals surface area contributed by atoms with E-state index in [0.29, 0.717) is 0 Å². The molecule has 1 heterocycles. The van der Waals surface area contributed by atoms with E-state index >= 15 is 0 Å². The molecule has 0 bridgehead atoms. The van der Waals surface area contributed by atoms with Gasteiger partial charge >= 0.3 is 5.69 Å². The quantitative estimate of drug-likeness (QED) is 0.692. The fourth-order valence-electron chi connectivity index (χ4n) is 2.44. The highest BCUT2D eigenvalue weighted by atomic mass is 35.5. The number of aromatic amines is 2. The van der Waals surface area contributed by atoms with Crippen LogP contribution in [0.1, 0.15) is 27.6 Å². The van der Waals surface area contributed by atoms with Crippen LogP contribution >= 0.6 is 11.6 Å². The van der Waals surface area contributed by atoms with Crippen molar-refractivity contribution in [1.82, 2.24) is 9.97 Å². The maximum Gasteiger partial charge on any atom is 0.323 e. The molecule has 0 aliphatic carbocycles. The van der Waals surface area contributed by atoms with Crippen LogP contribution < -0.4 is 5.69 Å². The number of benzene rings is 2. The predicted molar refractivity (Wildman–Crippen MR) is 82.5 cm³/mol. The summed E-state index contributed by atoms with van der Waals surface area (Å²) >= 11 is 6.61. The molecule has 0 spiro atoms. The first kappa shape index (κ1) is 13.0. The molecule has 0 fully saturated rings. The van der Waals surface area contributed by atoms with Crippen LogP contribution in [0.15, 0.2) is 41.2 Å². The van der Waals surface area contributed by atoms with Crippen molar-refractivity contribution >= 4 is 22.6 Å². The highest BCUT2D eigenvalue weighted by Crippen LogP contribution is 2.32. The second-order valence-electron chi connectivity index (χ2n) is 5.04. The summed E-state index contributed by atoms with van der Waals surface area (Å²) in [5.74, 6) is 0. The van der Waals surface area contributed by atoms with Gasteiger partial charge in [0, 0.05) is 0 Å². The van der Waals surface area contributed by atoms with Gasteiger partial charge in [0.2, 0.25) is 0 Å². The number of rotatable bonds is 2. The standard InChI is InChI=1S/C16H15ClN2O/c1-9-4-3-5-12(10(9)2)15(17)11-6-7-13-14(8-11)19-16(20)18-13/h3-8,15H,1-2H3,(H2,18,19,20). The van der Waals surface area contributed by atoms with Gasteiger partial charge in [-0.05, 0) is 48.2 Å². The lowest BCUT2D eigenvalue weighted by molar-refractivity contribution is 1.10. The van der Waals surface area contributed by atoms with Crippen LogP contribution in [0.25, 0.3) is 11.0 Å². The van der Waals surface area contributed by atoms with E-state index in [2.05, 4.69) is 29.9 Å². The molecule has 0 aliphatic rings. The molecule has 2 N–H and O–H groups in total. The molecule has 3 nitrogen and oxygen atoms in total. The minimum Gasteiger partial charge on any atom is -0.306 e. The van der Waals surface area contributed by atoms with E-state index in [0.717, 1.165) is 22.2 Å². The average Bonchev–Trinajstić information content (AvgIpc) is 2.80. The number of aryl methyl sites for hydroxylation is 1. The maximum absolute atomic E-state index is 11.3. The topological polar surface area (TPSA) is 48.6 Å². The average molecular weight is 287 g/mol. The fraction of sp³-hybridized carbons (Fsp3) is 0.188. The molecule has 3 rings (SSSR count). The number of fused-ring (bicyclic) bond motifs is 1. The summed E-state index contributed by atoms with van der Waals surface area (Å²) in [7, 11) is 0. The van der Waals surface area contributed by atoms with Crippen molar-refractivity contribution < 1.29 is 0 Å². The first-order valence-electron chi connectivity index (χ1n) is 6.48. The molecule has 0 aliphatic heterocycles. The van der Waals surface area contributed by atoms with E-state index in [1.807, 2.05) is 30.3 Å². The van der Waals surface area contributed by atoms with Crippen molar-refractivity contribution in [2.75, 3.05) is 0 Å². The molecule has 102 valence electrons. The van der Waals surface area contributed by atoms with E-state index in [1.165, 1.54) is 11.1 Å². The molecule has 4 heteroatoms. The predicted octanol–water partition coefficient (Wildman–Crippen LogP) is 3.80. The lowest BCUT2D eigenvalue weighted by Crippen LogP contribution is -1.99. The van der Waals surface area contributed by atoms with Crippen LogP contribution in [0.3, 0.4) is 0 Å². The lowest BCUT2D eigenvalue weighted by atomic mass is 9.97. The van der Waals surface area contributed by atoms with Crippen molar-refractivity contribution in [1.29, 1.82) is 0 Å². The van der Waals surface area contributed by atoms with E-state index < -0.39 is 0 Å². The Labute approximate surface area is 121 Å². The number of H-pyrrole nitrogens is 2. The normalized spacial score (nSPS) is 12.8. The fourth-order valence-corrected chi connectivity index (χ4v) is 2.81. The number of hydrogen-bond donors (Lipinski definition) is 2. The lowest BCUT2D eigenvalue weighted by Gasteiger charge is -2.15. The Bertz CT molecular complexity index is 832. The molecule has 20 heavy (non-hydrogen) atoms. The van der Waals surface area contributed by atoms with Gasteiger partial charge < -0.3 is 9.97 Å². The van der Waals surface area contributed by atoms with Crippen molar-refractivity contribution in [3.05, 3.63) is 69.1 Å². The van der Waals surface area contributed by atoms with Gasteiger partial charge in [0.1, 0.15) is 0 Å². The summed E-state index contributed by atoms with van der Waals surface area (Å²) in [5.41, 5.74) is 5.88. The summed E-state index contributed by atoms with van der Waals surface area (Å²) < 4.78 is 0. The first-order chi connectivity index (χ1) is 9.56. The van der Waals surface area contributed by atoms with E-state index in [9.17, 15) is 4.79 Å². The van der Waals surface area contributed by atoms with Gasteiger partial charge in [-0.3, -0.25) is 0 Å². The zero-order valence-corrected chi connectivity index (χ0v) is 12.1. The largest absolute Gasteiger partial charge is 0.323 e. The molecule has 2 aromatic carbocycles. The van der Waals surface area contributed by atoms with Gasteiger partial charge in [0.15, 0.2) is 0 Å². The number of nitrogens with one attached hydrogen (secondary N) is 2. The molecular formula is C16H15ClN2O. The minimum atomic E-state index is -0.224. The highest BCUT2D eigenvalue weighted by molar-refractivity contribution is 6.22. The van der Waals surface area contributed by atoms with E-state index in [1.54, 1.807) is 0 Å². The molecule has 0 amide bonds. The van der Waals surface area contributed by atoms with Crippen LogP contribution in [-0.2, 0) is 0 Å².